The van der Waals surface area contributed by atoms with Crippen LogP contribution in [0.5, 0.6) is 0 Å². The Morgan fingerprint density at radius 2 is 2.00 bits per heavy atom. The molecule has 0 unspecified atom stereocenters. The summed E-state index contributed by atoms with van der Waals surface area (Å²) in [5, 5.41) is 10.6. The summed E-state index contributed by atoms with van der Waals surface area (Å²) in [6.45, 7) is 0.874. The largest absolute Gasteiger partial charge is 0.345 e. The topological polar surface area (TPSA) is 72.7 Å². The van der Waals surface area contributed by atoms with E-state index in [9.17, 15) is 4.79 Å². The predicted octanol–water partition coefficient (Wildman–Crippen LogP) is 4.03. The van der Waals surface area contributed by atoms with Crippen molar-refractivity contribution in [1.82, 2.24) is 25.1 Å². The quantitative estimate of drug-likeness (QED) is 0.521. The van der Waals surface area contributed by atoms with Gasteiger partial charge in [-0.1, -0.05) is 29.8 Å². The van der Waals surface area contributed by atoms with Crippen LogP contribution in [0.2, 0.25) is 5.02 Å². The number of halogens is 1. The Balaban J connectivity index is 1.36. The summed E-state index contributed by atoms with van der Waals surface area (Å²) in [6.07, 6.45) is 6.73. The van der Waals surface area contributed by atoms with Crippen LogP contribution in [0.25, 0.3) is 11.3 Å². The third-order valence-electron chi connectivity index (χ3n) is 4.11. The van der Waals surface area contributed by atoms with Gasteiger partial charge in [0.15, 0.2) is 0 Å². The van der Waals surface area contributed by atoms with E-state index in [2.05, 4.69) is 20.4 Å². The van der Waals surface area contributed by atoms with Crippen LogP contribution in [0, 0.1) is 0 Å². The van der Waals surface area contributed by atoms with Gasteiger partial charge in [-0.2, -0.15) is 5.10 Å². The number of pyridine rings is 1. The molecule has 0 aliphatic carbocycles. The molecule has 1 N–H and O–H groups in total. The van der Waals surface area contributed by atoms with Crippen molar-refractivity contribution in [3.8, 4) is 11.3 Å². The maximum Gasteiger partial charge on any atom is 0.254 e. The molecule has 140 valence electrons. The number of thiazole rings is 1. The second-order valence-corrected chi connectivity index (χ2v) is 7.41. The molecule has 1 amide bonds. The van der Waals surface area contributed by atoms with E-state index in [0.29, 0.717) is 23.7 Å². The highest BCUT2D eigenvalue weighted by molar-refractivity contribution is 7.09. The lowest BCUT2D eigenvalue weighted by Crippen LogP contribution is -2.22. The number of hydrogen-bond donors (Lipinski definition) is 1. The molecule has 0 saturated heterocycles. The average Bonchev–Trinajstić information content (AvgIpc) is 3.38. The number of carbonyl (C=O) groups excluding carboxylic acids is 1. The second kappa shape index (κ2) is 8.33. The van der Waals surface area contributed by atoms with Gasteiger partial charge in [0.05, 0.1) is 30.5 Å². The number of hydrogen-bond acceptors (Lipinski definition) is 5. The molecular formula is C20H16ClN5OS. The van der Waals surface area contributed by atoms with Crippen molar-refractivity contribution < 1.29 is 4.79 Å². The third-order valence-corrected chi connectivity index (χ3v) is 5.33. The van der Waals surface area contributed by atoms with E-state index >= 15 is 0 Å². The molecule has 0 saturated carbocycles. The Kier molecular flexibility index (Phi) is 5.45. The molecule has 1 aromatic carbocycles. The van der Waals surface area contributed by atoms with E-state index in [0.717, 1.165) is 21.8 Å². The standard InChI is InChI=1S/C20H16ClN5OS/c21-17-4-2-1-3-15(17)11-26-12-16(9-24-26)20(27)23-10-19-25-18(13-28-19)14-5-7-22-8-6-14/h1-9,12-13H,10-11H2,(H,23,27). The van der Waals surface area contributed by atoms with Crippen molar-refractivity contribution in [1.29, 1.82) is 0 Å². The molecule has 0 fully saturated rings. The van der Waals surface area contributed by atoms with Gasteiger partial charge in [-0.25, -0.2) is 4.98 Å². The van der Waals surface area contributed by atoms with Crippen LogP contribution < -0.4 is 5.32 Å². The van der Waals surface area contributed by atoms with E-state index in [1.807, 2.05) is 41.8 Å². The minimum Gasteiger partial charge on any atom is -0.345 e. The lowest BCUT2D eigenvalue weighted by atomic mass is 10.2. The van der Waals surface area contributed by atoms with E-state index < -0.39 is 0 Å². The number of rotatable bonds is 6. The van der Waals surface area contributed by atoms with Gasteiger partial charge in [0.1, 0.15) is 5.01 Å². The van der Waals surface area contributed by atoms with E-state index in [4.69, 9.17) is 11.6 Å². The monoisotopic (exact) mass is 409 g/mol. The summed E-state index contributed by atoms with van der Waals surface area (Å²) >= 11 is 7.69. The molecule has 28 heavy (non-hydrogen) atoms. The number of nitrogens with zero attached hydrogens (tertiary/aromatic N) is 4. The van der Waals surface area contributed by atoms with Crippen LogP contribution >= 0.6 is 22.9 Å². The van der Waals surface area contributed by atoms with Crippen molar-refractivity contribution in [2.45, 2.75) is 13.1 Å². The predicted molar refractivity (Wildman–Crippen MR) is 109 cm³/mol. The Bertz CT molecular complexity index is 1090. The first kappa shape index (κ1) is 18.3. The highest BCUT2D eigenvalue weighted by atomic mass is 35.5. The Hall–Kier alpha value is -3.03. The molecule has 3 heterocycles. The lowest BCUT2D eigenvalue weighted by molar-refractivity contribution is 0.0951. The molecule has 0 radical (unpaired) electrons. The fraction of sp³-hybridized carbons (Fsp3) is 0.100. The van der Waals surface area contributed by atoms with Gasteiger partial charge in [0.2, 0.25) is 0 Å². The van der Waals surface area contributed by atoms with Crippen molar-refractivity contribution in [2.75, 3.05) is 0 Å². The first-order chi connectivity index (χ1) is 13.7. The van der Waals surface area contributed by atoms with Crippen LogP contribution in [0.3, 0.4) is 0 Å². The SMILES string of the molecule is O=C(NCc1nc(-c2ccncc2)cs1)c1cnn(Cc2ccccc2Cl)c1. The van der Waals surface area contributed by atoms with E-state index in [-0.39, 0.29) is 5.91 Å². The Morgan fingerprint density at radius 3 is 2.82 bits per heavy atom. The van der Waals surface area contributed by atoms with Crippen molar-refractivity contribution in [3.63, 3.8) is 0 Å². The van der Waals surface area contributed by atoms with Gasteiger partial charge < -0.3 is 5.32 Å². The maximum absolute atomic E-state index is 12.4. The van der Waals surface area contributed by atoms with Crippen molar-refractivity contribution in [3.05, 3.63) is 87.7 Å². The molecule has 0 spiro atoms. The molecule has 8 heteroatoms. The molecule has 0 aliphatic rings. The Labute approximate surface area is 170 Å². The maximum atomic E-state index is 12.4. The summed E-state index contributed by atoms with van der Waals surface area (Å²) < 4.78 is 1.70. The van der Waals surface area contributed by atoms with Gasteiger partial charge in [0.25, 0.3) is 5.91 Å². The van der Waals surface area contributed by atoms with Crippen molar-refractivity contribution >= 4 is 28.8 Å². The summed E-state index contributed by atoms with van der Waals surface area (Å²) in [7, 11) is 0. The molecule has 3 aromatic heterocycles. The van der Waals surface area contributed by atoms with Gasteiger partial charge in [-0.05, 0) is 23.8 Å². The zero-order chi connectivity index (χ0) is 19.3. The molecule has 4 rings (SSSR count). The highest BCUT2D eigenvalue weighted by Crippen LogP contribution is 2.21. The van der Waals surface area contributed by atoms with Crippen LogP contribution in [0.4, 0.5) is 0 Å². The lowest BCUT2D eigenvalue weighted by Gasteiger charge is -2.04. The Morgan fingerprint density at radius 1 is 1.18 bits per heavy atom. The molecule has 0 atom stereocenters. The molecule has 4 aromatic rings. The fourth-order valence-corrected chi connectivity index (χ4v) is 3.61. The molecule has 6 nitrogen and oxygen atoms in total. The minimum absolute atomic E-state index is 0.189. The third kappa shape index (κ3) is 4.27. The van der Waals surface area contributed by atoms with Gasteiger partial charge in [-0.3, -0.25) is 14.5 Å². The summed E-state index contributed by atoms with van der Waals surface area (Å²) in [5.41, 5.74) is 3.33. The number of aromatic nitrogens is 4. The van der Waals surface area contributed by atoms with Gasteiger partial charge >= 0.3 is 0 Å². The number of carbonyl (C=O) groups is 1. The van der Waals surface area contributed by atoms with Crippen LogP contribution in [0.15, 0.2) is 66.6 Å². The number of benzene rings is 1. The zero-order valence-electron chi connectivity index (χ0n) is 14.7. The number of amides is 1. The summed E-state index contributed by atoms with van der Waals surface area (Å²) in [4.78, 5) is 21.0. The van der Waals surface area contributed by atoms with Crippen LogP contribution in [0.1, 0.15) is 20.9 Å². The molecule has 0 aliphatic heterocycles. The van der Waals surface area contributed by atoms with Gasteiger partial charge in [0, 0.05) is 34.6 Å². The summed E-state index contributed by atoms with van der Waals surface area (Å²) in [6, 6.07) is 11.4. The minimum atomic E-state index is -0.189. The van der Waals surface area contributed by atoms with E-state index in [1.165, 1.54) is 11.3 Å². The average molecular weight is 410 g/mol. The normalized spacial score (nSPS) is 10.8. The van der Waals surface area contributed by atoms with Gasteiger partial charge in [-0.15, -0.1) is 11.3 Å². The van der Waals surface area contributed by atoms with Crippen molar-refractivity contribution in [2.24, 2.45) is 0 Å². The second-order valence-electron chi connectivity index (χ2n) is 6.06. The fourth-order valence-electron chi connectivity index (χ4n) is 2.67. The molecular weight excluding hydrogens is 394 g/mol. The number of nitrogens with one attached hydrogen (secondary N) is 1. The zero-order valence-corrected chi connectivity index (χ0v) is 16.3. The summed E-state index contributed by atoms with van der Waals surface area (Å²) in [5.74, 6) is -0.189. The molecule has 0 bridgehead atoms. The van der Waals surface area contributed by atoms with Crippen LogP contribution in [-0.2, 0) is 13.1 Å². The first-order valence-electron chi connectivity index (χ1n) is 8.58. The van der Waals surface area contributed by atoms with E-state index in [1.54, 1.807) is 29.5 Å². The highest BCUT2D eigenvalue weighted by Gasteiger charge is 2.11. The van der Waals surface area contributed by atoms with Crippen LogP contribution in [-0.4, -0.2) is 25.7 Å². The smallest absolute Gasteiger partial charge is 0.254 e. The first-order valence-corrected chi connectivity index (χ1v) is 9.83.